The van der Waals surface area contributed by atoms with Crippen molar-refractivity contribution in [2.75, 3.05) is 18.1 Å². The highest BCUT2D eigenvalue weighted by Crippen LogP contribution is 2.33. The molecule has 4 atom stereocenters. The second kappa shape index (κ2) is 15.8. The largest absolute Gasteiger partial charge is 0.462 e. The molecule has 0 aromatic rings. The van der Waals surface area contributed by atoms with E-state index in [0.29, 0.717) is 11.5 Å². The number of hydrogen-bond acceptors (Lipinski definition) is 12. The van der Waals surface area contributed by atoms with Crippen molar-refractivity contribution in [2.45, 2.75) is 77.5 Å². The molecule has 0 saturated carbocycles. The van der Waals surface area contributed by atoms with Gasteiger partial charge in [-0.3, -0.25) is 24.0 Å². The SMILES string of the molecule is CCSC(SCC)[C@H](OC(C)=O)[C@@H](OC(C)=O)[C@@H](OC(C)=O)[C@@H](COC(C)=O)OC(C)=O. The van der Waals surface area contributed by atoms with Gasteiger partial charge in [0.15, 0.2) is 24.4 Å². The Morgan fingerprint density at radius 3 is 1.38 bits per heavy atom. The van der Waals surface area contributed by atoms with Crippen LogP contribution in [0.1, 0.15) is 48.5 Å². The van der Waals surface area contributed by atoms with Crippen LogP contribution in [0.3, 0.4) is 0 Å². The van der Waals surface area contributed by atoms with Crippen molar-refractivity contribution in [3.63, 3.8) is 0 Å². The van der Waals surface area contributed by atoms with Crippen LogP contribution < -0.4 is 0 Å². The van der Waals surface area contributed by atoms with Crippen LogP contribution >= 0.6 is 23.5 Å². The quantitative estimate of drug-likeness (QED) is 0.198. The predicted octanol–water partition coefficient (Wildman–Crippen LogP) is 2.11. The summed E-state index contributed by atoms with van der Waals surface area (Å²) in [4.78, 5) is 58.9. The average molecular weight is 497 g/mol. The van der Waals surface area contributed by atoms with Gasteiger partial charge in [0.1, 0.15) is 6.61 Å². The Balaban J connectivity index is 6.51. The topological polar surface area (TPSA) is 132 Å². The highest BCUT2D eigenvalue weighted by atomic mass is 32.2. The van der Waals surface area contributed by atoms with Gasteiger partial charge >= 0.3 is 29.8 Å². The van der Waals surface area contributed by atoms with Gasteiger partial charge in [0.05, 0.1) is 4.58 Å². The van der Waals surface area contributed by atoms with Gasteiger partial charge in [-0.05, 0) is 11.5 Å². The molecule has 0 aliphatic heterocycles. The van der Waals surface area contributed by atoms with Gasteiger partial charge in [-0.15, -0.1) is 23.5 Å². The maximum atomic E-state index is 12.0. The summed E-state index contributed by atoms with van der Waals surface area (Å²) >= 11 is 2.89. The molecule has 0 spiro atoms. The minimum atomic E-state index is -1.42. The number of carbonyl (C=O) groups is 5. The third-order valence-electron chi connectivity index (χ3n) is 3.62. The number of esters is 5. The van der Waals surface area contributed by atoms with Gasteiger partial charge in [0.2, 0.25) is 0 Å². The molecular formula is C20H32O10S2. The van der Waals surface area contributed by atoms with Crippen LogP contribution in [0.2, 0.25) is 0 Å². The molecule has 0 radical (unpaired) electrons. The minimum absolute atomic E-state index is 0.400. The Morgan fingerprint density at radius 2 is 1.00 bits per heavy atom. The van der Waals surface area contributed by atoms with Crippen molar-refractivity contribution >= 4 is 53.4 Å². The molecule has 32 heavy (non-hydrogen) atoms. The van der Waals surface area contributed by atoms with Crippen molar-refractivity contribution in [1.29, 1.82) is 0 Å². The molecule has 0 heterocycles. The first kappa shape index (κ1) is 30.0. The summed E-state index contributed by atoms with van der Waals surface area (Å²) in [5, 5.41) is 0. The predicted molar refractivity (Wildman–Crippen MR) is 119 cm³/mol. The molecule has 0 fully saturated rings. The first-order valence-corrected chi connectivity index (χ1v) is 12.1. The summed E-state index contributed by atoms with van der Waals surface area (Å²) in [5.74, 6) is -2.24. The number of ether oxygens (including phenoxy) is 5. The zero-order valence-corrected chi connectivity index (χ0v) is 21.0. The smallest absolute Gasteiger partial charge is 0.303 e. The van der Waals surface area contributed by atoms with E-state index >= 15 is 0 Å². The maximum absolute atomic E-state index is 12.0. The molecule has 0 bridgehead atoms. The fourth-order valence-electron chi connectivity index (χ4n) is 2.70. The highest BCUT2D eigenvalue weighted by Gasteiger charge is 2.46. The molecule has 0 saturated heterocycles. The van der Waals surface area contributed by atoms with Crippen molar-refractivity contribution < 1.29 is 47.7 Å². The van der Waals surface area contributed by atoms with Crippen molar-refractivity contribution in [3.05, 3.63) is 0 Å². The lowest BCUT2D eigenvalue weighted by molar-refractivity contribution is -0.201. The van der Waals surface area contributed by atoms with Crippen molar-refractivity contribution in [1.82, 2.24) is 0 Å². The fourth-order valence-corrected chi connectivity index (χ4v) is 5.36. The zero-order chi connectivity index (χ0) is 24.8. The number of rotatable bonds is 14. The van der Waals surface area contributed by atoms with E-state index in [1.807, 2.05) is 13.8 Å². The van der Waals surface area contributed by atoms with Crippen LogP contribution in [-0.2, 0) is 47.7 Å². The zero-order valence-electron chi connectivity index (χ0n) is 19.4. The van der Waals surface area contributed by atoms with Crippen LogP contribution in [0.15, 0.2) is 0 Å². The summed E-state index contributed by atoms with van der Waals surface area (Å²) in [5.41, 5.74) is 0. The van der Waals surface area contributed by atoms with E-state index in [9.17, 15) is 24.0 Å². The molecule has 0 aromatic carbocycles. The summed E-state index contributed by atoms with van der Waals surface area (Å²) in [7, 11) is 0. The first-order valence-electron chi connectivity index (χ1n) is 9.98. The normalized spacial score (nSPS) is 14.5. The van der Waals surface area contributed by atoms with E-state index in [4.69, 9.17) is 23.7 Å². The van der Waals surface area contributed by atoms with E-state index in [2.05, 4.69) is 0 Å². The minimum Gasteiger partial charge on any atom is -0.462 e. The Bertz CT molecular complexity index is 648. The Morgan fingerprint density at radius 1 is 0.594 bits per heavy atom. The van der Waals surface area contributed by atoms with E-state index in [1.165, 1.54) is 30.4 Å². The van der Waals surface area contributed by atoms with Crippen LogP contribution in [0.25, 0.3) is 0 Å². The summed E-state index contributed by atoms with van der Waals surface area (Å²) < 4.78 is 26.2. The van der Waals surface area contributed by atoms with Gasteiger partial charge < -0.3 is 23.7 Å². The lowest BCUT2D eigenvalue weighted by Gasteiger charge is -2.37. The van der Waals surface area contributed by atoms with Crippen LogP contribution in [0.4, 0.5) is 0 Å². The molecule has 0 amide bonds. The van der Waals surface area contributed by atoms with Gasteiger partial charge in [0, 0.05) is 34.6 Å². The average Bonchev–Trinajstić information content (AvgIpc) is 2.65. The van der Waals surface area contributed by atoms with Gasteiger partial charge in [-0.2, -0.15) is 0 Å². The molecule has 0 rings (SSSR count). The van der Waals surface area contributed by atoms with E-state index < -0.39 is 65.5 Å². The molecule has 0 unspecified atom stereocenters. The van der Waals surface area contributed by atoms with E-state index in [-0.39, 0.29) is 0 Å². The standard InChI is InChI=1S/C20H32O10S2/c1-8-31-20(32-9-2)19(30-15(7)25)18(29-14(6)24)17(28-13(5)23)16(27-12(4)22)10-26-11(3)21/h16-20H,8-10H2,1-7H3/t16-,17+,18+,19-/m1/s1. The highest BCUT2D eigenvalue weighted by molar-refractivity contribution is 8.17. The molecule has 0 aliphatic carbocycles. The molecule has 0 N–H and O–H groups in total. The Labute approximate surface area is 196 Å². The molecule has 184 valence electrons. The van der Waals surface area contributed by atoms with E-state index in [0.717, 1.165) is 27.7 Å². The lowest BCUT2D eigenvalue weighted by atomic mass is 10.0. The second-order valence-electron chi connectivity index (χ2n) is 6.45. The van der Waals surface area contributed by atoms with Crippen LogP contribution in [0.5, 0.6) is 0 Å². The number of thioether (sulfide) groups is 2. The van der Waals surface area contributed by atoms with Gasteiger partial charge in [-0.25, -0.2) is 0 Å². The van der Waals surface area contributed by atoms with Gasteiger partial charge in [0.25, 0.3) is 0 Å². The summed E-state index contributed by atoms with van der Waals surface area (Å²) in [6.07, 6.45) is -5.14. The van der Waals surface area contributed by atoms with Gasteiger partial charge in [-0.1, -0.05) is 13.8 Å². The molecule has 12 heteroatoms. The monoisotopic (exact) mass is 496 g/mol. The van der Waals surface area contributed by atoms with E-state index in [1.54, 1.807) is 0 Å². The third kappa shape index (κ3) is 12.2. The Kier molecular flexibility index (Phi) is 14.8. The molecule has 0 aliphatic rings. The summed E-state index contributed by atoms with van der Waals surface area (Å²) in [6, 6.07) is 0. The molecule has 10 nitrogen and oxygen atoms in total. The fraction of sp³-hybridized carbons (Fsp3) is 0.750. The summed E-state index contributed by atoms with van der Waals surface area (Å²) in [6.45, 7) is 9.09. The van der Waals surface area contributed by atoms with Crippen LogP contribution in [-0.4, -0.2) is 77.0 Å². The Hall–Kier alpha value is -1.95. The first-order chi connectivity index (χ1) is 14.9. The molecule has 0 aromatic heterocycles. The molecular weight excluding hydrogens is 464 g/mol. The third-order valence-corrected chi connectivity index (χ3v) is 6.30. The second-order valence-corrected chi connectivity index (χ2v) is 9.59. The van der Waals surface area contributed by atoms with Crippen LogP contribution in [0, 0.1) is 0 Å². The number of hydrogen-bond donors (Lipinski definition) is 0. The maximum Gasteiger partial charge on any atom is 0.303 e. The number of carbonyl (C=O) groups excluding carboxylic acids is 5. The van der Waals surface area contributed by atoms with Crippen molar-refractivity contribution in [2.24, 2.45) is 0 Å². The lowest BCUT2D eigenvalue weighted by Crippen LogP contribution is -2.55. The van der Waals surface area contributed by atoms with Crippen molar-refractivity contribution in [3.8, 4) is 0 Å².